The topological polar surface area (TPSA) is 34.0 Å². The number of rotatable bonds is 1. The summed E-state index contributed by atoms with van der Waals surface area (Å²) in [7, 11) is 1.66. The molecule has 3 nitrogen and oxygen atoms in total. The van der Waals surface area contributed by atoms with Crippen molar-refractivity contribution in [3.05, 3.63) is 0 Å². The van der Waals surface area contributed by atoms with Gasteiger partial charge in [0.25, 0.3) is 0 Å². The lowest BCUT2D eigenvalue weighted by molar-refractivity contribution is 0.362. The van der Waals surface area contributed by atoms with Crippen molar-refractivity contribution in [2.45, 2.75) is 26.8 Å². The summed E-state index contributed by atoms with van der Waals surface area (Å²) in [5.41, 5.74) is 1.09. The SMILES string of the molecule is COC1=NCC(C)=N[C@@H]1C(C)C. The monoisotopic (exact) mass is 168 g/mol. The van der Waals surface area contributed by atoms with Crippen molar-refractivity contribution in [3.63, 3.8) is 0 Å². The van der Waals surface area contributed by atoms with Gasteiger partial charge in [-0.3, -0.25) is 4.99 Å². The highest BCUT2D eigenvalue weighted by Crippen LogP contribution is 2.13. The van der Waals surface area contributed by atoms with Crippen LogP contribution < -0.4 is 0 Å². The Morgan fingerprint density at radius 2 is 2.17 bits per heavy atom. The Morgan fingerprint density at radius 3 is 2.67 bits per heavy atom. The van der Waals surface area contributed by atoms with E-state index in [2.05, 4.69) is 23.8 Å². The largest absolute Gasteiger partial charge is 0.483 e. The van der Waals surface area contributed by atoms with E-state index in [9.17, 15) is 0 Å². The van der Waals surface area contributed by atoms with Crippen molar-refractivity contribution in [2.24, 2.45) is 15.9 Å². The van der Waals surface area contributed by atoms with E-state index < -0.39 is 0 Å². The highest BCUT2D eigenvalue weighted by molar-refractivity contribution is 5.94. The maximum Gasteiger partial charge on any atom is 0.209 e. The van der Waals surface area contributed by atoms with Crippen LogP contribution in [0.1, 0.15) is 20.8 Å². The van der Waals surface area contributed by atoms with Gasteiger partial charge in [0.2, 0.25) is 5.90 Å². The predicted molar refractivity (Wildman–Crippen MR) is 51.0 cm³/mol. The third kappa shape index (κ3) is 1.84. The van der Waals surface area contributed by atoms with Crippen LogP contribution in [0.25, 0.3) is 0 Å². The molecule has 0 spiro atoms. The van der Waals surface area contributed by atoms with Crippen molar-refractivity contribution in [3.8, 4) is 0 Å². The molecule has 3 heteroatoms. The van der Waals surface area contributed by atoms with E-state index in [1.807, 2.05) is 6.92 Å². The number of hydrogen-bond donors (Lipinski definition) is 0. The zero-order valence-electron chi connectivity index (χ0n) is 8.16. The van der Waals surface area contributed by atoms with Gasteiger partial charge in [0.15, 0.2) is 0 Å². The molecule has 12 heavy (non-hydrogen) atoms. The summed E-state index contributed by atoms with van der Waals surface area (Å²) in [5, 5.41) is 0. The van der Waals surface area contributed by atoms with Gasteiger partial charge >= 0.3 is 0 Å². The second-order valence-corrected chi connectivity index (χ2v) is 3.41. The standard InChI is InChI=1S/C9H16N2O/c1-6(2)8-9(12-4)10-5-7(3)11-8/h6,8H,5H2,1-4H3/t8-/m1/s1. The molecule has 0 saturated heterocycles. The van der Waals surface area contributed by atoms with Crippen molar-refractivity contribution in [2.75, 3.05) is 13.7 Å². The van der Waals surface area contributed by atoms with Crippen LogP contribution in [0.3, 0.4) is 0 Å². The third-order valence-corrected chi connectivity index (χ3v) is 1.92. The Balaban J connectivity index is 2.77. The molecule has 0 aromatic carbocycles. The highest BCUT2D eigenvalue weighted by Gasteiger charge is 2.22. The summed E-state index contributed by atoms with van der Waals surface area (Å²) in [6.07, 6.45) is 0. The molecule has 0 unspecified atom stereocenters. The van der Waals surface area contributed by atoms with Crippen molar-refractivity contribution >= 4 is 11.6 Å². The minimum absolute atomic E-state index is 0.128. The molecule has 1 aliphatic rings. The summed E-state index contributed by atoms with van der Waals surface area (Å²) in [6, 6.07) is 0.128. The van der Waals surface area contributed by atoms with Gasteiger partial charge in [0.1, 0.15) is 6.04 Å². The normalized spacial score (nSPS) is 23.6. The average molecular weight is 168 g/mol. The van der Waals surface area contributed by atoms with Gasteiger partial charge in [-0.15, -0.1) is 0 Å². The second-order valence-electron chi connectivity index (χ2n) is 3.41. The number of aliphatic imine (C=N–C) groups is 2. The molecular weight excluding hydrogens is 152 g/mol. The van der Waals surface area contributed by atoms with E-state index in [1.54, 1.807) is 7.11 Å². The zero-order chi connectivity index (χ0) is 9.14. The van der Waals surface area contributed by atoms with E-state index in [0.717, 1.165) is 11.6 Å². The molecule has 0 N–H and O–H groups in total. The lowest BCUT2D eigenvalue weighted by Crippen LogP contribution is -2.31. The predicted octanol–water partition coefficient (Wildman–Crippen LogP) is 1.53. The van der Waals surface area contributed by atoms with Crippen molar-refractivity contribution in [1.82, 2.24) is 0 Å². The highest BCUT2D eigenvalue weighted by atomic mass is 16.5. The van der Waals surface area contributed by atoms with Crippen LogP contribution in [-0.2, 0) is 4.74 Å². The van der Waals surface area contributed by atoms with Gasteiger partial charge in [0.05, 0.1) is 13.7 Å². The van der Waals surface area contributed by atoms with Crippen LogP contribution in [0.5, 0.6) is 0 Å². The maximum atomic E-state index is 5.16. The Kier molecular flexibility index (Phi) is 2.84. The van der Waals surface area contributed by atoms with Crippen LogP contribution in [0, 0.1) is 5.92 Å². The summed E-state index contributed by atoms with van der Waals surface area (Å²) in [5.74, 6) is 1.23. The Bertz CT molecular complexity index is 219. The van der Waals surface area contributed by atoms with Crippen LogP contribution in [0.4, 0.5) is 0 Å². The Hall–Kier alpha value is -0.860. The summed E-state index contributed by atoms with van der Waals surface area (Å²) >= 11 is 0. The summed E-state index contributed by atoms with van der Waals surface area (Å²) in [6.45, 7) is 6.94. The first-order chi connectivity index (χ1) is 5.65. The van der Waals surface area contributed by atoms with Crippen molar-refractivity contribution in [1.29, 1.82) is 0 Å². The van der Waals surface area contributed by atoms with E-state index in [0.29, 0.717) is 12.5 Å². The third-order valence-electron chi connectivity index (χ3n) is 1.92. The quantitative estimate of drug-likeness (QED) is 0.584. The van der Waals surface area contributed by atoms with E-state index in [-0.39, 0.29) is 6.04 Å². The van der Waals surface area contributed by atoms with Crippen LogP contribution in [0.15, 0.2) is 9.98 Å². The molecule has 1 rings (SSSR count). The summed E-state index contributed by atoms with van der Waals surface area (Å²) < 4.78 is 5.16. The number of hydrogen-bond acceptors (Lipinski definition) is 3. The molecule has 68 valence electrons. The van der Waals surface area contributed by atoms with Gasteiger partial charge in [-0.2, -0.15) is 0 Å². The molecule has 0 fully saturated rings. The minimum Gasteiger partial charge on any atom is -0.483 e. The molecule has 0 aliphatic carbocycles. The summed E-state index contributed by atoms with van der Waals surface area (Å²) in [4.78, 5) is 8.79. The Labute approximate surface area is 73.6 Å². The molecule has 0 saturated carbocycles. The fourth-order valence-electron chi connectivity index (χ4n) is 1.24. The molecular formula is C9H16N2O. The van der Waals surface area contributed by atoms with E-state index in [4.69, 9.17) is 4.74 Å². The maximum absolute atomic E-state index is 5.16. The minimum atomic E-state index is 0.128. The van der Waals surface area contributed by atoms with Crippen LogP contribution in [-0.4, -0.2) is 31.3 Å². The zero-order valence-corrected chi connectivity index (χ0v) is 8.16. The lowest BCUT2D eigenvalue weighted by Gasteiger charge is -2.21. The van der Waals surface area contributed by atoms with Crippen LogP contribution >= 0.6 is 0 Å². The number of ether oxygens (including phenoxy) is 1. The molecule has 1 heterocycles. The fraction of sp³-hybridized carbons (Fsp3) is 0.778. The van der Waals surface area contributed by atoms with Gasteiger partial charge in [0, 0.05) is 5.71 Å². The Morgan fingerprint density at radius 1 is 1.50 bits per heavy atom. The van der Waals surface area contributed by atoms with Gasteiger partial charge < -0.3 is 4.74 Å². The van der Waals surface area contributed by atoms with Gasteiger partial charge in [-0.1, -0.05) is 13.8 Å². The molecule has 0 aromatic rings. The first-order valence-corrected chi connectivity index (χ1v) is 4.26. The fourth-order valence-corrected chi connectivity index (χ4v) is 1.24. The van der Waals surface area contributed by atoms with Crippen molar-refractivity contribution < 1.29 is 4.74 Å². The smallest absolute Gasteiger partial charge is 0.209 e. The number of nitrogens with zero attached hydrogens (tertiary/aromatic N) is 2. The van der Waals surface area contributed by atoms with E-state index in [1.165, 1.54) is 0 Å². The molecule has 0 aromatic heterocycles. The van der Waals surface area contributed by atoms with Crippen LogP contribution in [0.2, 0.25) is 0 Å². The molecule has 0 amide bonds. The molecule has 1 aliphatic heterocycles. The first-order valence-electron chi connectivity index (χ1n) is 4.26. The average Bonchev–Trinajstić information content (AvgIpc) is 2.04. The second kappa shape index (κ2) is 3.70. The first kappa shape index (κ1) is 9.23. The van der Waals surface area contributed by atoms with Gasteiger partial charge in [-0.25, -0.2) is 4.99 Å². The molecule has 0 bridgehead atoms. The van der Waals surface area contributed by atoms with Gasteiger partial charge in [-0.05, 0) is 12.8 Å². The molecule has 1 atom stereocenters. The number of methoxy groups -OCH3 is 1. The lowest BCUT2D eigenvalue weighted by atomic mass is 10.0. The molecule has 0 radical (unpaired) electrons. The van der Waals surface area contributed by atoms with E-state index >= 15 is 0 Å².